The molecule has 0 radical (unpaired) electrons. The number of hydrogen-bond donors (Lipinski definition) is 2. The first-order valence-corrected chi connectivity index (χ1v) is 16.7. The number of imide groups is 2. The molecule has 1 unspecified atom stereocenters. The molecule has 10 heteroatoms. The van der Waals surface area contributed by atoms with E-state index in [0.717, 1.165) is 30.8 Å². The number of carbonyl (C=O) groups is 5. The van der Waals surface area contributed by atoms with Crippen molar-refractivity contribution in [1.82, 2.24) is 10.2 Å². The normalized spacial score (nSPS) is 16.4. The summed E-state index contributed by atoms with van der Waals surface area (Å²) >= 11 is 0. The molecule has 244 valence electrons. The molecule has 10 nitrogen and oxygen atoms in total. The Kier molecular flexibility index (Phi) is 16.1. The van der Waals surface area contributed by atoms with E-state index < -0.39 is 29.7 Å². The number of ether oxygens (including phenoxy) is 2. The number of unbranched alkanes of at least 4 members (excludes halogenated alkanes) is 12. The van der Waals surface area contributed by atoms with Gasteiger partial charge in [0.2, 0.25) is 17.7 Å². The molecule has 1 aromatic rings. The molecular formula is C34H51N3O7. The van der Waals surface area contributed by atoms with Crippen molar-refractivity contribution >= 4 is 35.2 Å². The van der Waals surface area contributed by atoms with Crippen LogP contribution in [0.4, 0.5) is 5.69 Å². The molecule has 5 amide bonds. The van der Waals surface area contributed by atoms with Crippen molar-refractivity contribution in [2.45, 2.75) is 122 Å². The maximum Gasteiger partial charge on any atom is 0.264 e. The Bertz CT molecular complexity index is 1110. The zero-order chi connectivity index (χ0) is 31.6. The molecule has 1 atom stereocenters. The number of nitrogens with one attached hydrogen (secondary N) is 2. The van der Waals surface area contributed by atoms with Gasteiger partial charge in [-0.2, -0.15) is 0 Å². The van der Waals surface area contributed by atoms with Crippen molar-refractivity contribution in [3.63, 3.8) is 0 Å². The second-order valence-corrected chi connectivity index (χ2v) is 11.8. The van der Waals surface area contributed by atoms with Gasteiger partial charge in [0.25, 0.3) is 11.8 Å². The van der Waals surface area contributed by atoms with E-state index in [1.807, 2.05) is 0 Å². The fourth-order valence-corrected chi connectivity index (χ4v) is 5.69. The third-order valence-corrected chi connectivity index (χ3v) is 8.20. The van der Waals surface area contributed by atoms with Crippen LogP contribution in [0.2, 0.25) is 0 Å². The van der Waals surface area contributed by atoms with Gasteiger partial charge in [-0.05, 0) is 37.8 Å². The molecule has 44 heavy (non-hydrogen) atoms. The minimum Gasteiger partial charge on any atom is -0.379 e. The van der Waals surface area contributed by atoms with E-state index in [2.05, 4.69) is 17.6 Å². The lowest BCUT2D eigenvalue weighted by Crippen LogP contribution is -2.54. The molecule has 3 rings (SSSR count). The van der Waals surface area contributed by atoms with Gasteiger partial charge in [0, 0.05) is 26.1 Å². The number of fused-ring (bicyclic) bond motifs is 1. The first kappa shape index (κ1) is 35.4. The lowest BCUT2D eigenvalue weighted by atomic mass is 10.0. The third-order valence-electron chi connectivity index (χ3n) is 8.20. The van der Waals surface area contributed by atoms with Gasteiger partial charge in [-0.15, -0.1) is 0 Å². The van der Waals surface area contributed by atoms with Crippen LogP contribution in [0.5, 0.6) is 0 Å². The second kappa shape index (κ2) is 20.0. The van der Waals surface area contributed by atoms with E-state index in [1.165, 1.54) is 70.3 Å². The molecular weight excluding hydrogens is 562 g/mol. The van der Waals surface area contributed by atoms with Crippen LogP contribution in [0.25, 0.3) is 0 Å². The highest BCUT2D eigenvalue weighted by molar-refractivity contribution is 6.26. The quantitative estimate of drug-likeness (QED) is 0.116. The van der Waals surface area contributed by atoms with Gasteiger partial charge in [-0.1, -0.05) is 83.6 Å². The summed E-state index contributed by atoms with van der Waals surface area (Å²) in [6, 6.07) is 3.61. The van der Waals surface area contributed by atoms with E-state index in [-0.39, 0.29) is 42.0 Å². The fourth-order valence-electron chi connectivity index (χ4n) is 5.69. The zero-order valence-electron chi connectivity index (χ0n) is 26.5. The monoisotopic (exact) mass is 613 g/mol. The van der Waals surface area contributed by atoms with Crippen LogP contribution in [0.1, 0.15) is 137 Å². The minimum absolute atomic E-state index is 0.0473. The zero-order valence-corrected chi connectivity index (χ0v) is 26.5. The number of amides is 5. The Morgan fingerprint density at radius 3 is 2.00 bits per heavy atom. The molecule has 0 saturated carbocycles. The van der Waals surface area contributed by atoms with Gasteiger partial charge in [-0.3, -0.25) is 34.2 Å². The molecule has 1 fully saturated rings. The molecule has 2 aliphatic rings. The standard InChI is InChI=1S/C34H51N3O7/c1-2-3-4-5-6-7-8-9-10-11-14-22-43-24-25-44-23-15-12-13-19-29(38)35-27-18-16-17-26-31(27)34(42)37(33(26)41)28-20-21-30(39)36-32(28)40/h16-18,28H,2-15,19-25H2,1H3,(H,35,38)(H,36,39,40). The molecule has 0 aromatic heterocycles. The van der Waals surface area contributed by atoms with Crippen LogP contribution in [0, 0.1) is 0 Å². The first-order valence-electron chi connectivity index (χ1n) is 16.7. The summed E-state index contributed by atoms with van der Waals surface area (Å²) in [6.45, 7) is 4.83. The predicted molar refractivity (Wildman–Crippen MR) is 168 cm³/mol. The van der Waals surface area contributed by atoms with Crippen LogP contribution in [0.3, 0.4) is 0 Å². The first-order chi connectivity index (χ1) is 21.4. The van der Waals surface area contributed by atoms with Gasteiger partial charge in [0.05, 0.1) is 30.0 Å². The summed E-state index contributed by atoms with van der Waals surface area (Å²) in [5, 5.41) is 4.93. The fraction of sp³-hybridized carbons (Fsp3) is 0.676. The third kappa shape index (κ3) is 11.4. The Hall–Kier alpha value is -3.11. The van der Waals surface area contributed by atoms with Crippen molar-refractivity contribution < 1.29 is 33.4 Å². The number of rotatable bonds is 23. The van der Waals surface area contributed by atoms with Crippen LogP contribution in [-0.4, -0.2) is 66.9 Å². The summed E-state index contributed by atoms with van der Waals surface area (Å²) in [4.78, 5) is 63.4. The number of carbonyl (C=O) groups excluding carboxylic acids is 5. The molecule has 0 spiro atoms. The van der Waals surface area contributed by atoms with Gasteiger partial charge >= 0.3 is 0 Å². The van der Waals surface area contributed by atoms with Gasteiger partial charge in [-0.25, -0.2) is 0 Å². The van der Waals surface area contributed by atoms with Crippen LogP contribution < -0.4 is 10.6 Å². The van der Waals surface area contributed by atoms with Crippen molar-refractivity contribution in [2.75, 3.05) is 31.7 Å². The molecule has 1 aromatic carbocycles. The topological polar surface area (TPSA) is 131 Å². The van der Waals surface area contributed by atoms with Crippen molar-refractivity contribution in [3.8, 4) is 0 Å². The Labute approximate surface area is 262 Å². The summed E-state index contributed by atoms with van der Waals surface area (Å²) in [7, 11) is 0. The lowest BCUT2D eigenvalue weighted by Gasteiger charge is -2.27. The highest BCUT2D eigenvalue weighted by Crippen LogP contribution is 2.32. The van der Waals surface area contributed by atoms with Crippen molar-refractivity contribution in [3.05, 3.63) is 29.3 Å². The number of benzene rings is 1. The van der Waals surface area contributed by atoms with Crippen molar-refractivity contribution in [2.24, 2.45) is 0 Å². The van der Waals surface area contributed by atoms with E-state index in [1.54, 1.807) is 12.1 Å². The largest absolute Gasteiger partial charge is 0.379 e. The molecule has 0 bridgehead atoms. The molecule has 1 saturated heterocycles. The van der Waals surface area contributed by atoms with Gasteiger partial charge in [0.1, 0.15) is 6.04 Å². The number of piperidine rings is 1. The van der Waals surface area contributed by atoms with E-state index in [0.29, 0.717) is 26.2 Å². The summed E-state index contributed by atoms with van der Waals surface area (Å²) < 4.78 is 11.3. The average Bonchev–Trinajstić information content (AvgIpc) is 3.26. The lowest BCUT2D eigenvalue weighted by molar-refractivity contribution is -0.136. The number of nitrogens with zero attached hydrogens (tertiary/aromatic N) is 1. The predicted octanol–water partition coefficient (Wildman–Crippen LogP) is 5.93. The van der Waals surface area contributed by atoms with Crippen molar-refractivity contribution in [1.29, 1.82) is 0 Å². The van der Waals surface area contributed by atoms with Gasteiger partial charge in [0.15, 0.2) is 0 Å². The Balaban J connectivity index is 1.19. The summed E-state index contributed by atoms with van der Waals surface area (Å²) in [6.07, 6.45) is 17.3. The summed E-state index contributed by atoms with van der Waals surface area (Å²) in [5.74, 6) is -2.60. The van der Waals surface area contributed by atoms with Crippen LogP contribution in [-0.2, 0) is 23.9 Å². The Morgan fingerprint density at radius 1 is 0.795 bits per heavy atom. The van der Waals surface area contributed by atoms with Crippen LogP contribution >= 0.6 is 0 Å². The smallest absolute Gasteiger partial charge is 0.264 e. The van der Waals surface area contributed by atoms with E-state index in [9.17, 15) is 24.0 Å². The minimum atomic E-state index is -1.05. The Morgan fingerprint density at radius 2 is 1.39 bits per heavy atom. The second-order valence-electron chi connectivity index (χ2n) is 11.8. The van der Waals surface area contributed by atoms with E-state index in [4.69, 9.17) is 9.47 Å². The maximum absolute atomic E-state index is 13.2. The number of anilines is 1. The van der Waals surface area contributed by atoms with E-state index >= 15 is 0 Å². The molecule has 2 aliphatic heterocycles. The molecule has 2 heterocycles. The SMILES string of the molecule is CCCCCCCCCCCCCOCCOCCCCCC(=O)Nc1cccc2c1C(=O)N(C1CCC(=O)NC1=O)C2=O. The highest BCUT2D eigenvalue weighted by atomic mass is 16.5. The van der Waals surface area contributed by atoms with Crippen LogP contribution in [0.15, 0.2) is 18.2 Å². The molecule has 2 N–H and O–H groups in total. The molecule has 0 aliphatic carbocycles. The highest BCUT2D eigenvalue weighted by Gasteiger charge is 2.45. The average molecular weight is 614 g/mol. The van der Waals surface area contributed by atoms with Gasteiger partial charge < -0.3 is 14.8 Å². The maximum atomic E-state index is 13.2. The summed E-state index contributed by atoms with van der Waals surface area (Å²) in [5.41, 5.74) is 0.462. The number of hydrogen-bond acceptors (Lipinski definition) is 7.